The Bertz CT molecular complexity index is 1100. The van der Waals surface area contributed by atoms with Gasteiger partial charge in [0.05, 0.1) is 7.11 Å². The number of nitrogens with zero attached hydrogens (tertiary/aromatic N) is 2. The van der Waals surface area contributed by atoms with Gasteiger partial charge < -0.3 is 19.7 Å². The van der Waals surface area contributed by atoms with E-state index in [1.54, 1.807) is 14.0 Å². The van der Waals surface area contributed by atoms with Crippen molar-refractivity contribution in [1.29, 1.82) is 0 Å². The van der Waals surface area contributed by atoms with Gasteiger partial charge in [0.2, 0.25) is 5.91 Å². The third-order valence-electron chi connectivity index (χ3n) is 6.61. The summed E-state index contributed by atoms with van der Waals surface area (Å²) >= 11 is 0. The lowest BCUT2D eigenvalue weighted by molar-refractivity contribution is -0.130. The summed E-state index contributed by atoms with van der Waals surface area (Å²) in [6, 6.07) is 21.3. The first-order valence-corrected chi connectivity index (χ1v) is 12.0. The molecule has 34 heavy (non-hydrogen) atoms. The van der Waals surface area contributed by atoms with Gasteiger partial charge in [-0.05, 0) is 41.0 Å². The predicted octanol–water partition coefficient (Wildman–Crippen LogP) is 4.24. The fraction of sp³-hybridized carbons (Fsp3) is 0.393. The van der Waals surface area contributed by atoms with Crippen LogP contribution in [0.25, 0.3) is 10.8 Å². The van der Waals surface area contributed by atoms with Crippen LogP contribution in [0.15, 0.2) is 60.7 Å². The third-order valence-corrected chi connectivity index (χ3v) is 6.61. The van der Waals surface area contributed by atoms with E-state index in [4.69, 9.17) is 9.47 Å². The first-order chi connectivity index (χ1) is 16.5. The smallest absolute Gasteiger partial charge is 0.219 e. The van der Waals surface area contributed by atoms with Crippen LogP contribution in [0.2, 0.25) is 0 Å². The molecule has 0 spiro atoms. The number of rotatable bonds is 9. The lowest BCUT2D eigenvalue weighted by atomic mass is 9.99. The van der Waals surface area contributed by atoms with Gasteiger partial charge in [0.15, 0.2) is 11.5 Å². The van der Waals surface area contributed by atoms with Gasteiger partial charge in [-0.2, -0.15) is 0 Å². The van der Waals surface area contributed by atoms with E-state index < -0.39 is 0 Å². The van der Waals surface area contributed by atoms with Crippen LogP contribution in [0.1, 0.15) is 31.0 Å². The Morgan fingerprint density at radius 1 is 1.00 bits per heavy atom. The average Bonchev–Trinajstić information content (AvgIpc) is 2.87. The van der Waals surface area contributed by atoms with Crippen molar-refractivity contribution in [3.8, 4) is 11.5 Å². The van der Waals surface area contributed by atoms with Crippen LogP contribution in [-0.2, 0) is 11.3 Å². The highest BCUT2D eigenvalue weighted by atomic mass is 16.5. The lowest BCUT2D eigenvalue weighted by Crippen LogP contribution is -2.48. The Morgan fingerprint density at radius 2 is 1.76 bits per heavy atom. The molecule has 3 aromatic carbocycles. The number of hydrogen-bond acceptors (Lipinski definition) is 5. The third kappa shape index (κ3) is 5.88. The highest BCUT2D eigenvalue weighted by Crippen LogP contribution is 2.29. The molecule has 0 radical (unpaired) electrons. The molecule has 3 aromatic rings. The molecule has 180 valence electrons. The van der Waals surface area contributed by atoms with Crippen molar-refractivity contribution < 1.29 is 14.3 Å². The minimum absolute atomic E-state index is 0.154. The normalized spacial score (nSPS) is 15.3. The molecule has 1 amide bonds. The zero-order valence-electron chi connectivity index (χ0n) is 20.4. The molecular weight excluding hydrogens is 426 g/mol. The summed E-state index contributed by atoms with van der Waals surface area (Å²) in [7, 11) is 1.67. The van der Waals surface area contributed by atoms with E-state index in [0.717, 1.165) is 56.3 Å². The molecule has 0 aromatic heterocycles. The molecule has 1 fully saturated rings. The van der Waals surface area contributed by atoms with Gasteiger partial charge in [0.25, 0.3) is 0 Å². The minimum atomic E-state index is 0.154. The molecule has 0 bridgehead atoms. The van der Waals surface area contributed by atoms with Gasteiger partial charge in [-0.1, -0.05) is 48.5 Å². The fourth-order valence-electron chi connectivity index (χ4n) is 4.52. The maximum Gasteiger partial charge on any atom is 0.219 e. The van der Waals surface area contributed by atoms with Crippen molar-refractivity contribution in [2.45, 2.75) is 26.4 Å². The van der Waals surface area contributed by atoms with Crippen LogP contribution in [0, 0.1) is 0 Å². The highest BCUT2D eigenvalue weighted by Gasteiger charge is 2.18. The number of carbonyl (C=O) groups is 1. The summed E-state index contributed by atoms with van der Waals surface area (Å²) in [6.07, 6.45) is 0. The van der Waals surface area contributed by atoms with Crippen LogP contribution >= 0.6 is 0 Å². The second kappa shape index (κ2) is 11.4. The number of fused-ring (bicyclic) bond motifs is 1. The van der Waals surface area contributed by atoms with E-state index in [9.17, 15) is 4.79 Å². The Labute approximate surface area is 202 Å². The van der Waals surface area contributed by atoms with Crippen molar-refractivity contribution in [3.05, 3.63) is 71.8 Å². The molecule has 6 nitrogen and oxygen atoms in total. The zero-order valence-corrected chi connectivity index (χ0v) is 20.4. The van der Waals surface area contributed by atoms with Crippen LogP contribution < -0.4 is 14.8 Å². The van der Waals surface area contributed by atoms with Crippen molar-refractivity contribution in [1.82, 2.24) is 15.1 Å². The van der Waals surface area contributed by atoms with E-state index in [0.29, 0.717) is 6.61 Å². The summed E-state index contributed by atoms with van der Waals surface area (Å²) < 4.78 is 11.6. The Morgan fingerprint density at radius 3 is 2.53 bits per heavy atom. The van der Waals surface area contributed by atoms with Gasteiger partial charge in [-0.25, -0.2) is 0 Å². The van der Waals surface area contributed by atoms with E-state index in [2.05, 4.69) is 71.7 Å². The minimum Gasteiger partial charge on any atom is -0.493 e. The average molecular weight is 462 g/mol. The van der Waals surface area contributed by atoms with E-state index in [-0.39, 0.29) is 11.9 Å². The molecule has 1 N–H and O–H groups in total. The van der Waals surface area contributed by atoms with Gasteiger partial charge in [0.1, 0.15) is 6.61 Å². The SMILES string of the molecule is COc1ccc(CN[C@H](C)c2cccc3ccccc23)cc1OCCN1CCN(C(C)=O)CC1. The van der Waals surface area contributed by atoms with Gasteiger partial charge >= 0.3 is 0 Å². The molecule has 1 heterocycles. The molecule has 1 aliphatic heterocycles. The Kier molecular flexibility index (Phi) is 8.03. The summed E-state index contributed by atoms with van der Waals surface area (Å²) in [6.45, 7) is 9.33. The van der Waals surface area contributed by atoms with E-state index >= 15 is 0 Å². The van der Waals surface area contributed by atoms with Crippen molar-refractivity contribution in [2.24, 2.45) is 0 Å². The molecular formula is C28H35N3O3. The van der Waals surface area contributed by atoms with Crippen LogP contribution in [-0.4, -0.2) is 62.1 Å². The topological polar surface area (TPSA) is 54.0 Å². The maximum atomic E-state index is 11.5. The second-order valence-corrected chi connectivity index (χ2v) is 8.85. The van der Waals surface area contributed by atoms with Crippen LogP contribution in [0.5, 0.6) is 11.5 Å². The largest absolute Gasteiger partial charge is 0.493 e. The molecule has 1 atom stereocenters. The summed E-state index contributed by atoms with van der Waals surface area (Å²) in [5, 5.41) is 6.20. The molecule has 0 aliphatic carbocycles. The van der Waals surface area contributed by atoms with Crippen molar-refractivity contribution >= 4 is 16.7 Å². The number of hydrogen-bond donors (Lipinski definition) is 1. The summed E-state index contributed by atoms with van der Waals surface area (Å²) in [4.78, 5) is 15.7. The summed E-state index contributed by atoms with van der Waals surface area (Å²) in [5.74, 6) is 1.66. The Hall–Kier alpha value is -3.09. The molecule has 1 aliphatic rings. The quantitative estimate of drug-likeness (QED) is 0.517. The monoisotopic (exact) mass is 461 g/mol. The molecule has 6 heteroatoms. The number of piperazine rings is 1. The number of benzene rings is 3. The molecule has 0 saturated carbocycles. The molecule has 1 saturated heterocycles. The van der Waals surface area contributed by atoms with Crippen LogP contribution in [0.3, 0.4) is 0 Å². The predicted molar refractivity (Wildman–Crippen MR) is 136 cm³/mol. The first kappa shape index (κ1) is 24.0. The van der Waals surface area contributed by atoms with Crippen molar-refractivity contribution in [2.75, 3.05) is 46.4 Å². The van der Waals surface area contributed by atoms with E-state index in [1.807, 2.05) is 11.0 Å². The zero-order chi connectivity index (χ0) is 23.9. The van der Waals surface area contributed by atoms with Gasteiger partial charge in [-0.15, -0.1) is 0 Å². The molecule has 0 unspecified atom stereocenters. The number of carbonyl (C=O) groups excluding carboxylic acids is 1. The number of methoxy groups -OCH3 is 1. The molecule has 4 rings (SSSR count). The number of nitrogens with one attached hydrogen (secondary N) is 1. The summed E-state index contributed by atoms with van der Waals surface area (Å²) in [5.41, 5.74) is 2.45. The second-order valence-electron chi connectivity index (χ2n) is 8.85. The fourth-order valence-corrected chi connectivity index (χ4v) is 4.52. The Balaban J connectivity index is 1.33. The first-order valence-electron chi connectivity index (χ1n) is 12.0. The highest BCUT2D eigenvalue weighted by molar-refractivity contribution is 5.86. The maximum absolute atomic E-state index is 11.5. The van der Waals surface area contributed by atoms with Gasteiger partial charge in [-0.3, -0.25) is 9.69 Å². The van der Waals surface area contributed by atoms with Crippen LogP contribution in [0.4, 0.5) is 0 Å². The van der Waals surface area contributed by atoms with E-state index in [1.165, 1.54) is 16.3 Å². The number of ether oxygens (including phenoxy) is 2. The van der Waals surface area contributed by atoms with Gasteiger partial charge in [0, 0.05) is 52.2 Å². The van der Waals surface area contributed by atoms with Crippen molar-refractivity contribution in [3.63, 3.8) is 0 Å². The number of amides is 1. The standard InChI is InChI=1S/C28H35N3O3/c1-21(25-10-6-8-24-7-4-5-9-26(24)25)29-20-23-11-12-27(33-3)28(19-23)34-18-17-30-13-15-31(16-14-30)22(2)32/h4-12,19,21,29H,13-18,20H2,1-3H3/t21-/m1/s1. The lowest BCUT2D eigenvalue weighted by Gasteiger charge is -2.34.